The molecule has 1 amide bonds. The molecule has 1 aliphatic rings. The zero-order chi connectivity index (χ0) is 24.5. The fourth-order valence-corrected chi connectivity index (χ4v) is 4.12. The van der Waals surface area contributed by atoms with Crippen LogP contribution in [-0.2, 0) is 11.2 Å². The molecule has 0 radical (unpaired) electrons. The Bertz CT molecular complexity index is 1220. The van der Waals surface area contributed by atoms with E-state index >= 15 is 0 Å². The van der Waals surface area contributed by atoms with Crippen LogP contribution in [-0.4, -0.2) is 35.0 Å². The second kappa shape index (κ2) is 11.8. The molecule has 7 nitrogen and oxygen atoms in total. The molecule has 0 bridgehead atoms. The van der Waals surface area contributed by atoms with Gasteiger partial charge >= 0.3 is 0 Å². The summed E-state index contributed by atoms with van der Waals surface area (Å²) in [6, 6.07) is 21.5. The summed E-state index contributed by atoms with van der Waals surface area (Å²) in [7, 11) is 0. The number of nitrogens with zero attached hydrogens (tertiary/aromatic N) is 4. The Labute approximate surface area is 206 Å². The number of benzene rings is 2. The Kier molecular flexibility index (Phi) is 8.08. The lowest BCUT2D eigenvalue weighted by atomic mass is 10.2. The average molecular weight is 467 g/mol. The monoisotopic (exact) mass is 466 g/mol. The van der Waals surface area contributed by atoms with Gasteiger partial charge in [-0.15, -0.1) is 0 Å². The number of nitrogens with one attached hydrogen (secondary N) is 2. The molecule has 2 N–H and O–H groups in total. The molecule has 0 aliphatic carbocycles. The maximum atomic E-state index is 12.4. The number of carbonyl (C=O) groups is 1. The molecule has 2 heterocycles. The van der Waals surface area contributed by atoms with Gasteiger partial charge in [0.1, 0.15) is 5.82 Å². The first-order chi connectivity index (χ1) is 17.1. The number of aromatic nitrogens is 2. The first kappa shape index (κ1) is 24.0. The zero-order valence-corrected chi connectivity index (χ0v) is 19.9. The van der Waals surface area contributed by atoms with Gasteiger partial charge in [-0.25, -0.2) is 4.98 Å². The smallest absolute Gasteiger partial charge is 0.229 e. The van der Waals surface area contributed by atoms with Crippen LogP contribution in [0.4, 0.5) is 17.5 Å². The van der Waals surface area contributed by atoms with Gasteiger partial charge in [0.25, 0.3) is 0 Å². The number of nitriles is 1. The lowest BCUT2D eigenvalue weighted by Crippen LogP contribution is -2.36. The number of rotatable bonds is 9. The van der Waals surface area contributed by atoms with Crippen LogP contribution in [0.15, 0.2) is 66.7 Å². The largest absolute Gasteiger partial charge is 0.354 e. The Hall–Kier alpha value is -4.18. The van der Waals surface area contributed by atoms with Crippen molar-refractivity contribution in [3.63, 3.8) is 0 Å². The third-order valence-corrected chi connectivity index (χ3v) is 5.81. The van der Waals surface area contributed by atoms with Crippen LogP contribution in [0.3, 0.4) is 0 Å². The fourth-order valence-electron chi connectivity index (χ4n) is 4.12. The molecular weight excluding hydrogens is 436 g/mol. The highest BCUT2D eigenvalue weighted by atomic mass is 16.1. The predicted octanol–water partition coefficient (Wildman–Crippen LogP) is 4.84. The van der Waals surface area contributed by atoms with Gasteiger partial charge in [0.05, 0.1) is 11.6 Å². The van der Waals surface area contributed by atoms with Crippen LogP contribution in [0, 0.1) is 11.3 Å². The van der Waals surface area contributed by atoms with Crippen molar-refractivity contribution < 1.29 is 4.79 Å². The summed E-state index contributed by atoms with van der Waals surface area (Å²) in [4.78, 5) is 24.0. The van der Waals surface area contributed by atoms with Gasteiger partial charge in [-0.1, -0.05) is 61.9 Å². The molecule has 1 unspecified atom stereocenters. The highest BCUT2D eigenvalue weighted by molar-refractivity contribution is 5.79. The van der Waals surface area contributed by atoms with E-state index in [1.54, 1.807) is 12.1 Å². The molecule has 1 atom stereocenters. The summed E-state index contributed by atoms with van der Waals surface area (Å²) in [5, 5.41) is 15.6. The molecule has 3 aromatic rings. The van der Waals surface area contributed by atoms with Gasteiger partial charge in [0.15, 0.2) is 0 Å². The van der Waals surface area contributed by atoms with Crippen LogP contribution in [0.5, 0.6) is 0 Å². The summed E-state index contributed by atoms with van der Waals surface area (Å²) in [6.07, 6.45) is 6.93. The molecule has 7 heteroatoms. The molecular formula is C28H30N6O. The van der Waals surface area contributed by atoms with Crippen LogP contribution >= 0.6 is 0 Å². The van der Waals surface area contributed by atoms with E-state index in [4.69, 9.17) is 10.2 Å². The molecule has 4 rings (SSSR count). The van der Waals surface area contributed by atoms with E-state index < -0.39 is 0 Å². The number of hydrogen-bond donors (Lipinski definition) is 2. The number of aryl methyl sites for hydroxylation is 1. The van der Waals surface area contributed by atoms with Crippen molar-refractivity contribution in [2.75, 3.05) is 23.3 Å². The SMILES string of the molecule is CCCc1cc(N2CCC(NC(=O)C/C=C/c3ccccc3)C2)nc(Nc2cccc(C#N)c2)n1. The van der Waals surface area contributed by atoms with E-state index in [2.05, 4.69) is 33.5 Å². The first-order valence-corrected chi connectivity index (χ1v) is 12.0. The van der Waals surface area contributed by atoms with Crippen LogP contribution in [0.1, 0.15) is 43.0 Å². The molecule has 178 valence electrons. The lowest BCUT2D eigenvalue weighted by molar-refractivity contribution is -0.120. The van der Waals surface area contributed by atoms with E-state index in [0.29, 0.717) is 24.5 Å². The molecule has 1 saturated heterocycles. The summed E-state index contributed by atoms with van der Waals surface area (Å²) in [5.41, 5.74) is 3.41. The molecule has 1 fully saturated rings. The van der Waals surface area contributed by atoms with E-state index in [1.807, 2.05) is 60.7 Å². The van der Waals surface area contributed by atoms with Crippen molar-refractivity contribution >= 4 is 29.4 Å². The Balaban J connectivity index is 1.38. The second-order valence-electron chi connectivity index (χ2n) is 8.63. The molecule has 1 aliphatic heterocycles. The number of carbonyl (C=O) groups excluding carboxylic acids is 1. The predicted molar refractivity (Wildman–Crippen MR) is 139 cm³/mol. The molecule has 35 heavy (non-hydrogen) atoms. The van der Waals surface area contributed by atoms with Gasteiger partial charge in [-0.2, -0.15) is 10.2 Å². The minimum absolute atomic E-state index is 0.0260. The van der Waals surface area contributed by atoms with Gasteiger partial charge in [0, 0.05) is 43.0 Å². The van der Waals surface area contributed by atoms with Gasteiger partial charge in [-0.05, 0) is 36.6 Å². The second-order valence-corrected chi connectivity index (χ2v) is 8.63. The van der Waals surface area contributed by atoms with Gasteiger partial charge < -0.3 is 15.5 Å². The fraction of sp³-hybridized carbons (Fsp3) is 0.286. The number of hydrogen-bond acceptors (Lipinski definition) is 6. The number of anilines is 3. The minimum atomic E-state index is 0.0260. The Morgan fingerprint density at radius 3 is 2.83 bits per heavy atom. The lowest BCUT2D eigenvalue weighted by Gasteiger charge is -2.20. The number of amides is 1. The average Bonchev–Trinajstić information content (AvgIpc) is 3.33. The summed E-state index contributed by atoms with van der Waals surface area (Å²) in [6.45, 7) is 3.65. The van der Waals surface area contributed by atoms with Crippen molar-refractivity contribution in [3.05, 3.63) is 83.6 Å². The van der Waals surface area contributed by atoms with E-state index in [-0.39, 0.29) is 11.9 Å². The first-order valence-electron chi connectivity index (χ1n) is 12.0. The maximum Gasteiger partial charge on any atom is 0.229 e. The Morgan fingerprint density at radius 2 is 2.03 bits per heavy atom. The normalized spacial score (nSPS) is 15.2. The maximum absolute atomic E-state index is 12.4. The van der Waals surface area contributed by atoms with Gasteiger partial charge in [-0.3, -0.25) is 4.79 Å². The third kappa shape index (κ3) is 6.90. The highest BCUT2D eigenvalue weighted by Gasteiger charge is 2.25. The van der Waals surface area contributed by atoms with Crippen molar-refractivity contribution in [1.29, 1.82) is 5.26 Å². The molecule has 0 saturated carbocycles. The van der Waals surface area contributed by atoms with Crippen molar-refractivity contribution in [2.24, 2.45) is 0 Å². The van der Waals surface area contributed by atoms with Crippen molar-refractivity contribution in [2.45, 2.75) is 38.6 Å². The quantitative estimate of drug-likeness (QED) is 0.469. The van der Waals surface area contributed by atoms with Crippen molar-refractivity contribution in [3.8, 4) is 6.07 Å². The van der Waals surface area contributed by atoms with E-state index in [0.717, 1.165) is 48.6 Å². The zero-order valence-electron chi connectivity index (χ0n) is 19.9. The Morgan fingerprint density at radius 1 is 1.17 bits per heavy atom. The molecule has 1 aromatic heterocycles. The summed E-state index contributed by atoms with van der Waals surface area (Å²) < 4.78 is 0. The molecule has 2 aromatic carbocycles. The highest BCUT2D eigenvalue weighted by Crippen LogP contribution is 2.23. The van der Waals surface area contributed by atoms with Crippen molar-refractivity contribution in [1.82, 2.24) is 15.3 Å². The van der Waals surface area contributed by atoms with E-state index in [1.165, 1.54) is 0 Å². The van der Waals surface area contributed by atoms with Crippen LogP contribution in [0.2, 0.25) is 0 Å². The minimum Gasteiger partial charge on any atom is -0.354 e. The van der Waals surface area contributed by atoms with Crippen LogP contribution < -0.4 is 15.5 Å². The van der Waals surface area contributed by atoms with Gasteiger partial charge in [0.2, 0.25) is 11.9 Å². The van der Waals surface area contributed by atoms with Crippen LogP contribution in [0.25, 0.3) is 6.08 Å². The standard InChI is InChI=1S/C28H30N6O/c1-2-8-23-18-26(33-28(31-23)32-24-13-6-12-22(17-24)19-29)34-16-15-25(20-34)30-27(35)14-7-11-21-9-4-3-5-10-21/h3-7,9-13,17-18,25H,2,8,14-16,20H2,1H3,(H,30,35)(H,31,32,33)/b11-7+. The van der Waals surface area contributed by atoms with E-state index in [9.17, 15) is 4.79 Å². The summed E-state index contributed by atoms with van der Waals surface area (Å²) >= 11 is 0. The topological polar surface area (TPSA) is 93.9 Å². The molecule has 0 spiro atoms. The third-order valence-electron chi connectivity index (χ3n) is 5.81. The summed E-state index contributed by atoms with van der Waals surface area (Å²) in [5.74, 6) is 1.39.